The van der Waals surface area contributed by atoms with Gasteiger partial charge < -0.3 is 0 Å². The van der Waals surface area contributed by atoms with E-state index in [1.165, 1.54) is 7.05 Å². The predicted molar refractivity (Wildman–Crippen MR) is 42.9 cm³/mol. The number of alkyl halides is 1. The Morgan fingerprint density at radius 3 is 2.56 bits per heavy atom. The van der Waals surface area contributed by atoms with E-state index >= 15 is 0 Å². The first kappa shape index (κ1) is 9.57. The Labute approximate surface area is 63.1 Å². The molecule has 0 fully saturated rings. The van der Waals surface area contributed by atoms with Crippen LogP contribution in [0.5, 0.6) is 0 Å². The summed E-state index contributed by atoms with van der Waals surface area (Å²) in [7, 11) is 1.40. The topological polar surface area (TPSA) is 46.0 Å². The number of quaternary nitrogens is 1. The maximum absolute atomic E-state index is 10.3. The van der Waals surface area contributed by atoms with Crippen molar-refractivity contribution < 1.29 is 11.5 Å². The summed E-state index contributed by atoms with van der Waals surface area (Å²) in [5, 5.41) is 10.0. The number of halogens is 1. The van der Waals surface area contributed by atoms with Gasteiger partial charge in [0.25, 0.3) is 0 Å². The van der Waals surface area contributed by atoms with Crippen molar-refractivity contribution in [2.75, 3.05) is 18.6 Å². The van der Waals surface area contributed by atoms with E-state index in [1.54, 1.807) is 0 Å². The van der Waals surface area contributed by atoms with Crippen LogP contribution in [0.1, 0.15) is 6.92 Å². The molecule has 0 aliphatic carbocycles. The summed E-state index contributed by atoms with van der Waals surface area (Å²) in [4.78, 5) is 1.84. The molecular formula is C4H12INO3. The van der Waals surface area contributed by atoms with Crippen molar-refractivity contribution in [2.45, 2.75) is 6.92 Å². The number of nitrogens with one attached hydrogen (secondary N) is 1. The van der Waals surface area contributed by atoms with Gasteiger partial charge in [-0.25, -0.2) is 0 Å². The Bertz CT molecular complexity index is 70.8. The standard InChI is InChI=1S/C4H12INO3/c1-4-8-5(2)9-6(3)7/h6H,4H2,1-3H3. The molecule has 0 radical (unpaired) electrons. The Morgan fingerprint density at radius 1 is 1.67 bits per heavy atom. The predicted octanol–water partition coefficient (Wildman–Crippen LogP) is -0.0668. The molecule has 0 saturated carbocycles. The quantitative estimate of drug-likeness (QED) is 0.431. The van der Waals surface area contributed by atoms with Gasteiger partial charge in [-0.1, -0.05) is 0 Å². The molecule has 0 spiro atoms. The van der Waals surface area contributed by atoms with Crippen molar-refractivity contribution in [2.24, 2.45) is 0 Å². The monoisotopic (exact) mass is 249 g/mol. The zero-order valence-electron chi connectivity index (χ0n) is 5.81. The van der Waals surface area contributed by atoms with Crippen LogP contribution in [0, 0.1) is 5.21 Å². The zero-order chi connectivity index (χ0) is 7.28. The van der Waals surface area contributed by atoms with Gasteiger partial charge in [0, 0.05) is 0 Å². The molecule has 0 aromatic heterocycles. The van der Waals surface area contributed by atoms with E-state index in [0.717, 1.165) is 0 Å². The van der Waals surface area contributed by atoms with E-state index in [4.69, 9.17) is 6.23 Å². The Morgan fingerprint density at radius 2 is 2.22 bits per heavy atom. The Hall–Kier alpha value is 0.570. The van der Waals surface area contributed by atoms with Crippen LogP contribution in [0.3, 0.4) is 0 Å². The summed E-state index contributed by atoms with van der Waals surface area (Å²) in [5.41, 5.74) is 0. The van der Waals surface area contributed by atoms with Crippen LogP contribution in [0.25, 0.3) is 0 Å². The molecule has 0 aliphatic rings. The second kappa shape index (κ2) is 5.36. The van der Waals surface area contributed by atoms with Gasteiger partial charge >= 0.3 is 62.8 Å². The molecule has 4 nitrogen and oxygen atoms in total. The van der Waals surface area contributed by atoms with Crippen LogP contribution in [0.2, 0.25) is 0 Å². The van der Waals surface area contributed by atoms with Crippen molar-refractivity contribution in [3.8, 4) is 0 Å². The van der Waals surface area contributed by atoms with E-state index in [1.807, 2.05) is 11.9 Å². The Kier molecular flexibility index (Phi) is 5.70. The molecule has 1 N–H and O–H groups in total. The van der Waals surface area contributed by atoms with Gasteiger partial charge in [0.2, 0.25) is 0 Å². The molecule has 0 amide bonds. The van der Waals surface area contributed by atoms with Gasteiger partial charge in [-0.3, -0.25) is 0 Å². The molecule has 5 heteroatoms. The van der Waals surface area contributed by atoms with E-state index in [0.29, 0.717) is 6.61 Å². The van der Waals surface area contributed by atoms with Gasteiger partial charge in [0.05, 0.1) is 0 Å². The summed E-state index contributed by atoms with van der Waals surface area (Å²) < 4.78 is 9.85. The molecule has 0 bridgehead atoms. The van der Waals surface area contributed by atoms with Crippen LogP contribution in [0.15, 0.2) is 0 Å². The van der Waals surface area contributed by atoms with Crippen LogP contribution in [0.4, 0.5) is 0 Å². The summed E-state index contributed by atoms with van der Waals surface area (Å²) in [6, 6.07) is 0. The van der Waals surface area contributed by atoms with Crippen molar-refractivity contribution >= 4 is 20.6 Å². The average Bonchev–Trinajstić information content (AvgIpc) is 1.63. The molecule has 1 unspecified atom stereocenters. The fourth-order valence-electron chi connectivity index (χ4n) is 0.329. The molecule has 9 heavy (non-hydrogen) atoms. The van der Waals surface area contributed by atoms with Gasteiger partial charge in [-0.15, -0.1) is 0 Å². The third-order valence-electron chi connectivity index (χ3n) is 0.480. The first-order valence-electron chi connectivity index (χ1n) is 2.59. The van der Waals surface area contributed by atoms with Gasteiger partial charge in [0.15, 0.2) is 0 Å². The molecule has 0 saturated heterocycles. The first-order valence-corrected chi connectivity index (χ1v) is 6.51. The van der Waals surface area contributed by atoms with Crippen LogP contribution < -0.4 is 5.23 Å². The second-order valence-electron chi connectivity index (χ2n) is 1.34. The number of rotatable bonds is 4. The third-order valence-corrected chi connectivity index (χ3v) is 3.22. The van der Waals surface area contributed by atoms with Crippen LogP contribution in [-0.2, 0) is 6.23 Å². The molecule has 0 rings (SSSR count). The summed E-state index contributed by atoms with van der Waals surface area (Å²) in [5.74, 6) is 0. The minimum absolute atomic E-state index is 0.240. The van der Waals surface area contributed by atoms with E-state index in [9.17, 15) is 5.21 Å². The Balaban J connectivity index is 3.15. The molecule has 58 valence electrons. The van der Waals surface area contributed by atoms with Gasteiger partial charge in [-0.05, 0) is 0 Å². The first-order chi connectivity index (χ1) is 4.16. The second-order valence-corrected chi connectivity index (χ2v) is 4.52. The molecule has 0 heterocycles. The van der Waals surface area contributed by atoms with Crippen LogP contribution >= 0.6 is 20.6 Å². The molecule has 0 aliphatic heterocycles. The average molecular weight is 249 g/mol. The molecule has 0 aromatic carbocycles. The van der Waals surface area contributed by atoms with Crippen molar-refractivity contribution in [3.63, 3.8) is 0 Å². The minimum atomic E-state index is -1.76. The third kappa shape index (κ3) is 6.46. The van der Waals surface area contributed by atoms with Crippen molar-refractivity contribution in [1.82, 2.24) is 0 Å². The SMILES string of the molecule is CCOI(C)O[NH+](C)[O-]. The molecular weight excluding hydrogens is 237 g/mol. The molecule has 0 aromatic rings. The van der Waals surface area contributed by atoms with Crippen molar-refractivity contribution in [3.05, 3.63) is 5.21 Å². The van der Waals surface area contributed by atoms with E-state index < -0.39 is 20.6 Å². The number of hydrogen-bond donors (Lipinski definition) is 1. The van der Waals surface area contributed by atoms with Gasteiger partial charge in [-0.2, -0.15) is 0 Å². The fraction of sp³-hybridized carbons (Fsp3) is 1.00. The van der Waals surface area contributed by atoms with Crippen LogP contribution in [-0.4, -0.2) is 18.6 Å². The van der Waals surface area contributed by atoms with E-state index in [2.05, 4.69) is 0 Å². The normalized spacial score (nSPS) is 15.3. The number of hydroxylamine groups is 2. The summed E-state index contributed by atoms with van der Waals surface area (Å²) in [6.07, 6.45) is 0. The zero-order valence-corrected chi connectivity index (χ0v) is 7.97. The molecule has 1 atom stereocenters. The maximum atomic E-state index is 10.3. The fourth-order valence-corrected chi connectivity index (χ4v) is 2.21. The van der Waals surface area contributed by atoms with Gasteiger partial charge in [0.1, 0.15) is 0 Å². The summed E-state index contributed by atoms with van der Waals surface area (Å²) in [6.45, 7) is 2.52. The van der Waals surface area contributed by atoms with Crippen molar-refractivity contribution in [1.29, 1.82) is 0 Å². The number of hydrogen-bond acceptors (Lipinski definition) is 3. The summed E-state index contributed by atoms with van der Waals surface area (Å²) >= 11 is -1.76. The van der Waals surface area contributed by atoms with E-state index in [-0.39, 0.29) is 5.23 Å².